The Labute approximate surface area is 124 Å². The Bertz CT molecular complexity index is 636. The fourth-order valence-electron chi connectivity index (χ4n) is 2.05. The van der Waals surface area contributed by atoms with Gasteiger partial charge in [-0.2, -0.15) is 0 Å². The summed E-state index contributed by atoms with van der Waals surface area (Å²) in [6.07, 6.45) is 0. The van der Waals surface area contributed by atoms with Crippen molar-refractivity contribution in [3.05, 3.63) is 59.2 Å². The van der Waals surface area contributed by atoms with Crippen LogP contribution in [0, 0.1) is 6.92 Å². The average molecular weight is 284 g/mol. The lowest BCUT2D eigenvalue weighted by Gasteiger charge is -2.12. The van der Waals surface area contributed by atoms with Crippen molar-refractivity contribution in [2.45, 2.75) is 19.9 Å². The number of amides is 1. The van der Waals surface area contributed by atoms with Crippen LogP contribution < -0.4 is 10.6 Å². The normalized spacial score (nSPS) is 12.0. The molecule has 0 aromatic heterocycles. The van der Waals surface area contributed by atoms with Gasteiger partial charge < -0.3 is 15.7 Å². The number of aryl methyl sites for hydroxylation is 1. The maximum absolute atomic E-state index is 12.1. The second kappa shape index (κ2) is 6.41. The quantitative estimate of drug-likeness (QED) is 0.807. The SMILES string of the molecule is CNC(C)c1ccc(NC(=O)c2ccc(C)cc2O)cc1. The van der Waals surface area contributed by atoms with Crippen LogP contribution in [-0.2, 0) is 0 Å². The molecule has 2 rings (SSSR count). The van der Waals surface area contributed by atoms with Gasteiger partial charge in [-0.25, -0.2) is 0 Å². The van der Waals surface area contributed by atoms with Gasteiger partial charge in [0.15, 0.2) is 0 Å². The monoisotopic (exact) mass is 284 g/mol. The first-order chi connectivity index (χ1) is 10.0. The zero-order valence-electron chi connectivity index (χ0n) is 12.5. The van der Waals surface area contributed by atoms with E-state index in [0.29, 0.717) is 5.69 Å². The van der Waals surface area contributed by atoms with Crippen molar-refractivity contribution in [3.63, 3.8) is 0 Å². The van der Waals surface area contributed by atoms with Gasteiger partial charge in [0.1, 0.15) is 5.75 Å². The summed E-state index contributed by atoms with van der Waals surface area (Å²) in [5.74, 6) is -0.324. The molecule has 0 bridgehead atoms. The smallest absolute Gasteiger partial charge is 0.259 e. The third-order valence-electron chi connectivity index (χ3n) is 3.50. The topological polar surface area (TPSA) is 61.4 Å². The van der Waals surface area contributed by atoms with E-state index in [1.54, 1.807) is 18.2 Å². The Morgan fingerprint density at radius 3 is 2.38 bits per heavy atom. The highest BCUT2D eigenvalue weighted by atomic mass is 16.3. The molecule has 0 aliphatic heterocycles. The van der Waals surface area contributed by atoms with E-state index in [-0.39, 0.29) is 23.3 Å². The zero-order valence-corrected chi connectivity index (χ0v) is 12.5. The van der Waals surface area contributed by atoms with Gasteiger partial charge in [-0.05, 0) is 56.3 Å². The van der Waals surface area contributed by atoms with Gasteiger partial charge in [-0.1, -0.05) is 18.2 Å². The molecule has 0 radical (unpaired) electrons. The summed E-state index contributed by atoms with van der Waals surface area (Å²) in [5, 5.41) is 15.8. The van der Waals surface area contributed by atoms with E-state index in [1.807, 2.05) is 38.2 Å². The first-order valence-corrected chi connectivity index (χ1v) is 6.89. The maximum Gasteiger partial charge on any atom is 0.259 e. The van der Waals surface area contributed by atoms with Crippen molar-refractivity contribution in [1.82, 2.24) is 5.32 Å². The Morgan fingerprint density at radius 2 is 1.81 bits per heavy atom. The van der Waals surface area contributed by atoms with Crippen LogP contribution in [0.1, 0.15) is 34.5 Å². The van der Waals surface area contributed by atoms with Crippen molar-refractivity contribution < 1.29 is 9.90 Å². The average Bonchev–Trinajstić information content (AvgIpc) is 2.47. The third-order valence-corrected chi connectivity index (χ3v) is 3.50. The molecule has 2 aromatic carbocycles. The van der Waals surface area contributed by atoms with Crippen molar-refractivity contribution in [2.75, 3.05) is 12.4 Å². The van der Waals surface area contributed by atoms with Gasteiger partial charge in [-0.15, -0.1) is 0 Å². The fourth-order valence-corrected chi connectivity index (χ4v) is 2.05. The molecule has 110 valence electrons. The number of carbonyl (C=O) groups is 1. The van der Waals surface area contributed by atoms with Crippen molar-refractivity contribution in [1.29, 1.82) is 0 Å². The molecule has 4 heteroatoms. The van der Waals surface area contributed by atoms with Gasteiger partial charge in [0.25, 0.3) is 5.91 Å². The van der Waals surface area contributed by atoms with Crippen LogP contribution in [-0.4, -0.2) is 18.1 Å². The van der Waals surface area contributed by atoms with Crippen LogP contribution in [0.5, 0.6) is 5.75 Å². The van der Waals surface area contributed by atoms with Gasteiger partial charge in [0.05, 0.1) is 5.56 Å². The number of anilines is 1. The number of nitrogens with one attached hydrogen (secondary N) is 2. The fraction of sp³-hybridized carbons (Fsp3) is 0.235. The molecular weight excluding hydrogens is 264 g/mol. The van der Waals surface area contributed by atoms with E-state index in [9.17, 15) is 9.90 Å². The van der Waals surface area contributed by atoms with Crippen molar-refractivity contribution in [3.8, 4) is 5.75 Å². The number of carbonyl (C=O) groups excluding carboxylic acids is 1. The molecule has 1 unspecified atom stereocenters. The maximum atomic E-state index is 12.1. The minimum Gasteiger partial charge on any atom is -0.507 e. The predicted molar refractivity (Wildman–Crippen MR) is 84.7 cm³/mol. The van der Waals surface area contributed by atoms with Crippen LogP contribution in [0.3, 0.4) is 0 Å². The van der Waals surface area contributed by atoms with E-state index < -0.39 is 0 Å². The number of aromatic hydroxyl groups is 1. The van der Waals surface area contributed by atoms with E-state index in [4.69, 9.17) is 0 Å². The third kappa shape index (κ3) is 3.61. The molecule has 0 spiro atoms. The van der Waals surface area contributed by atoms with Crippen LogP contribution in [0.15, 0.2) is 42.5 Å². The minimum absolute atomic E-state index is 0.00655. The summed E-state index contributed by atoms with van der Waals surface area (Å²) in [4.78, 5) is 12.1. The van der Waals surface area contributed by atoms with Gasteiger partial charge in [0, 0.05) is 11.7 Å². The lowest BCUT2D eigenvalue weighted by Crippen LogP contribution is -2.14. The van der Waals surface area contributed by atoms with Crippen molar-refractivity contribution in [2.24, 2.45) is 0 Å². The molecule has 21 heavy (non-hydrogen) atoms. The van der Waals surface area contributed by atoms with Gasteiger partial charge in [-0.3, -0.25) is 4.79 Å². The molecule has 4 nitrogen and oxygen atoms in total. The number of phenolic OH excluding ortho intramolecular Hbond substituents is 1. The summed E-state index contributed by atoms with van der Waals surface area (Å²) in [7, 11) is 1.90. The van der Waals surface area contributed by atoms with Crippen LogP contribution in [0.25, 0.3) is 0 Å². The lowest BCUT2D eigenvalue weighted by molar-refractivity contribution is 0.102. The molecule has 1 atom stereocenters. The van der Waals surface area contributed by atoms with E-state index >= 15 is 0 Å². The van der Waals surface area contributed by atoms with Crippen molar-refractivity contribution >= 4 is 11.6 Å². The number of benzene rings is 2. The summed E-state index contributed by atoms with van der Waals surface area (Å²) >= 11 is 0. The first-order valence-electron chi connectivity index (χ1n) is 6.89. The zero-order chi connectivity index (χ0) is 15.4. The number of rotatable bonds is 4. The molecule has 0 heterocycles. The molecule has 1 amide bonds. The molecule has 0 saturated heterocycles. The second-order valence-electron chi connectivity index (χ2n) is 5.11. The molecule has 0 saturated carbocycles. The Hall–Kier alpha value is -2.33. The summed E-state index contributed by atoms with van der Waals surface area (Å²) in [6, 6.07) is 12.9. The molecule has 3 N–H and O–H groups in total. The van der Waals surface area contributed by atoms with E-state index in [1.165, 1.54) is 0 Å². The molecule has 0 fully saturated rings. The molecule has 2 aromatic rings. The van der Waals surface area contributed by atoms with Crippen LogP contribution >= 0.6 is 0 Å². The summed E-state index contributed by atoms with van der Waals surface area (Å²) in [6.45, 7) is 3.93. The Morgan fingerprint density at radius 1 is 1.14 bits per heavy atom. The van der Waals surface area contributed by atoms with Crippen LogP contribution in [0.4, 0.5) is 5.69 Å². The summed E-state index contributed by atoms with van der Waals surface area (Å²) in [5.41, 5.74) is 3.03. The van der Waals surface area contributed by atoms with E-state index in [0.717, 1.165) is 11.1 Å². The molecule has 0 aliphatic carbocycles. The molecule has 0 aliphatic rings. The number of hydrogen-bond acceptors (Lipinski definition) is 3. The molecular formula is C17H20N2O2. The van der Waals surface area contributed by atoms with Gasteiger partial charge >= 0.3 is 0 Å². The minimum atomic E-state index is -0.318. The highest BCUT2D eigenvalue weighted by Crippen LogP contribution is 2.21. The second-order valence-corrected chi connectivity index (χ2v) is 5.11. The highest BCUT2D eigenvalue weighted by molar-refractivity contribution is 6.06. The van der Waals surface area contributed by atoms with Crippen LogP contribution in [0.2, 0.25) is 0 Å². The number of hydrogen-bond donors (Lipinski definition) is 3. The Kier molecular flexibility index (Phi) is 4.60. The predicted octanol–water partition coefficient (Wildman–Crippen LogP) is 3.23. The lowest BCUT2D eigenvalue weighted by atomic mass is 10.1. The largest absolute Gasteiger partial charge is 0.507 e. The first kappa shape index (κ1) is 15.1. The summed E-state index contributed by atoms with van der Waals surface area (Å²) < 4.78 is 0. The number of phenols is 1. The van der Waals surface area contributed by atoms with Gasteiger partial charge in [0.2, 0.25) is 0 Å². The standard InChI is InChI=1S/C17H20N2O2/c1-11-4-9-15(16(20)10-11)17(21)19-14-7-5-13(6-8-14)12(2)18-3/h4-10,12,18,20H,1-3H3,(H,19,21). The highest BCUT2D eigenvalue weighted by Gasteiger charge is 2.11. The Balaban J connectivity index is 2.12. The van der Waals surface area contributed by atoms with E-state index in [2.05, 4.69) is 17.6 Å².